The van der Waals surface area contributed by atoms with Gasteiger partial charge in [-0.3, -0.25) is 14.9 Å². The maximum Gasteiger partial charge on any atom is 0.273 e. The lowest BCUT2D eigenvalue weighted by atomic mass is 9.86. The van der Waals surface area contributed by atoms with E-state index in [1.165, 1.54) is 6.07 Å². The molecule has 0 saturated heterocycles. The van der Waals surface area contributed by atoms with E-state index in [2.05, 4.69) is 6.92 Å². The molecule has 21 heavy (non-hydrogen) atoms. The lowest BCUT2D eigenvalue weighted by molar-refractivity contribution is -0.385. The van der Waals surface area contributed by atoms with Gasteiger partial charge < -0.3 is 4.90 Å². The fraction of sp³-hybridized carbons (Fsp3) is 0.562. The van der Waals surface area contributed by atoms with Gasteiger partial charge >= 0.3 is 0 Å². The van der Waals surface area contributed by atoms with Gasteiger partial charge in [-0.25, -0.2) is 0 Å². The molecule has 1 saturated carbocycles. The van der Waals surface area contributed by atoms with Crippen LogP contribution in [0.1, 0.15) is 38.2 Å². The molecular weight excluding hydrogens is 268 g/mol. The van der Waals surface area contributed by atoms with E-state index in [4.69, 9.17) is 0 Å². The van der Waals surface area contributed by atoms with E-state index < -0.39 is 4.92 Å². The number of nitro groups is 1. The normalized spacial score (nSPS) is 21.8. The van der Waals surface area contributed by atoms with E-state index >= 15 is 0 Å². The second-order valence-electron chi connectivity index (χ2n) is 5.98. The van der Waals surface area contributed by atoms with E-state index in [1.54, 1.807) is 23.1 Å². The highest BCUT2D eigenvalue weighted by atomic mass is 16.6. The molecule has 0 spiro atoms. The average molecular weight is 290 g/mol. The molecule has 0 heterocycles. The first-order chi connectivity index (χ1) is 9.99. The van der Waals surface area contributed by atoms with Crippen LogP contribution in [0, 0.1) is 16.0 Å². The Bertz CT molecular complexity index is 522. The van der Waals surface area contributed by atoms with E-state index in [9.17, 15) is 14.9 Å². The predicted octanol–water partition coefficient (Wildman–Crippen LogP) is 3.17. The van der Waals surface area contributed by atoms with Gasteiger partial charge in [-0.1, -0.05) is 25.1 Å². The average Bonchev–Trinajstić information content (AvgIpc) is 2.47. The van der Waals surface area contributed by atoms with E-state index in [0.29, 0.717) is 5.56 Å². The summed E-state index contributed by atoms with van der Waals surface area (Å²) in [5.74, 6) is 0.698. The zero-order valence-corrected chi connectivity index (χ0v) is 12.6. The van der Waals surface area contributed by atoms with Gasteiger partial charge in [0.1, 0.15) is 0 Å². The molecule has 1 aliphatic rings. The van der Waals surface area contributed by atoms with E-state index in [-0.39, 0.29) is 24.1 Å². The number of rotatable bonds is 4. The Hall–Kier alpha value is -1.91. The SMILES string of the molecule is CC1CCC(N(C)C(=O)Cc2ccccc2[N+](=O)[O-])CC1. The van der Waals surface area contributed by atoms with Crippen molar-refractivity contribution in [1.82, 2.24) is 4.90 Å². The number of nitro benzene ring substituents is 1. The van der Waals surface area contributed by atoms with Crippen molar-refractivity contribution in [2.24, 2.45) is 5.92 Å². The zero-order chi connectivity index (χ0) is 15.4. The van der Waals surface area contributed by atoms with Crippen LogP contribution in [0.4, 0.5) is 5.69 Å². The molecule has 0 radical (unpaired) electrons. The van der Waals surface area contributed by atoms with Gasteiger partial charge in [0, 0.05) is 24.7 Å². The molecule has 5 heteroatoms. The fourth-order valence-electron chi connectivity index (χ4n) is 2.96. The first kappa shape index (κ1) is 15.5. The van der Waals surface area contributed by atoms with E-state index in [0.717, 1.165) is 31.6 Å². The highest BCUT2D eigenvalue weighted by molar-refractivity contribution is 5.80. The molecular formula is C16H22N2O3. The van der Waals surface area contributed by atoms with Gasteiger partial charge in [0.2, 0.25) is 5.91 Å². The van der Waals surface area contributed by atoms with Crippen LogP contribution in [0.3, 0.4) is 0 Å². The second-order valence-corrected chi connectivity index (χ2v) is 5.98. The highest BCUT2D eigenvalue weighted by Crippen LogP contribution is 2.27. The number of hydrogen-bond acceptors (Lipinski definition) is 3. The molecule has 0 bridgehead atoms. The Morgan fingerprint density at radius 2 is 1.90 bits per heavy atom. The molecule has 0 N–H and O–H groups in total. The Morgan fingerprint density at radius 1 is 1.29 bits per heavy atom. The first-order valence-electron chi connectivity index (χ1n) is 7.47. The van der Waals surface area contributed by atoms with Crippen molar-refractivity contribution < 1.29 is 9.72 Å². The molecule has 2 rings (SSSR count). The first-order valence-corrected chi connectivity index (χ1v) is 7.47. The van der Waals surface area contributed by atoms with Gasteiger partial charge in [0.25, 0.3) is 5.69 Å². The van der Waals surface area contributed by atoms with Crippen LogP contribution >= 0.6 is 0 Å². The summed E-state index contributed by atoms with van der Waals surface area (Å²) in [6.07, 6.45) is 4.45. The van der Waals surface area contributed by atoms with Crippen LogP contribution in [-0.4, -0.2) is 28.8 Å². The Balaban J connectivity index is 2.03. The van der Waals surface area contributed by atoms with E-state index in [1.807, 2.05) is 7.05 Å². The van der Waals surface area contributed by atoms with Crippen molar-refractivity contribution in [3.05, 3.63) is 39.9 Å². The minimum absolute atomic E-state index is 0.0246. The Labute approximate surface area is 125 Å². The third kappa shape index (κ3) is 3.80. The number of para-hydroxylation sites is 1. The molecule has 0 aromatic heterocycles. The molecule has 1 fully saturated rings. The van der Waals surface area contributed by atoms with Crippen LogP contribution in [0.5, 0.6) is 0 Å². The van der Waals surface area contributed by atoms with Crippen LogP contribution < -0.4 is 0 Å². The van der Waals surface area contributed by atoms with Crippen molar-refractivity contribution in [3.63, 3.8) is 0 Å². The summed E-state index contributed by atoms with van der Waals surface area (Å²) in [4.78, 5) is 24.7. The van der Waals surface area contributed by atoms with Crippen molar-refractivity contribution in [2.75, 3.05) is 7.05 Å². The minimum atomic E-state index is -0.426. The standard InChI is InChI=1S/C16H22N2O3/c1-12-7-9-14(10-8-12)17(2)16(19)11-13-5-3-4-6-15(13)18(20)21/h3-6,12,14H,7-11H2,1-2H3. The summed E-state index contributed by atoms with van der Waals surface area (Å²) in [6, 6.07) is 6.74. The lowest BCUT2D eigenvalue weighted by Gasteiger charge is -2.33. The molecule has 1 aromatic carbocycles. The largest absolute Gasteiger partial charge is 0.342 e. The molecule has 1 aromatic rings. The number of benzene rings is 1. The Kier molecular flexibility index (Phi) is 4.94. The van der Waals surface area contributed by atoms with Crippen molar-refractivity contribution in [3.8, 4) is 0 Å². The number of carbonyl (C=O) groups is 1. The maximum absolute atomic E-state index is 12.4. The van der Waals surface area contributed by atoms with Crippen molar-refractivity contribution in [1.29, 1.82) is 0 Å². The molecule has 1 aliphatic carbocycles. The molecule has 1 amide bonds. The second kappa shape index (κ2) is 6.70. The van der Waals surface area contributed by atoms with Crippen LogP contribution in [0.2, 0.25) is 0 Å². The van der Waals surface area contributed by atoms with Gasteiger partial charge in [-0.05, 0) is 31.6 Å². The van der Waals surface area contributed by atoms with Crippen molar-refractivity contribution >= 4 is 11.6 Å². The topological polar surface area (TPSA) is 63.5 Å². The monoisotopic (exact) mass is 290 g/mol. The quantitative estimate of drug-likeness (QED) is 0.632. The van der Waals surface area contributed by atoms with Gasteiger partial charge in [0.05, 0.1) is 11.3 Å². The van der Waals surface area contributed by atoms with Gasteiger partial charge in [0.15, 0.2) is 0 Å². The lowest BCUT2D eigenvalue weighted by Crippen LogP contribution is -2.40. The molecule has 5 nitrogen and oxygen atoms in total. The zero-order valence-electron chi connectivity index (χ0n) is 12.6. The maximum atomic E-state index is 12.4. The number of nitrogens with zero attached hydrogens (tertiary/aromatic N) is 2. The van der Waals surface area contributed by atoms with Gasteiger partial charge in [-0.15, -0.1) is 0 Å². The van der Waals surface area contributed by atoms with Crippen LogP contribution in [0.25, 0.3) is 0 Å². The number of amides is 1. The summed E-state index contributed by atoms with van der Waals surface area (Å²) in [7, 11) is 1.82. The number of carbonyl (C=O) groups excluding carboxylic acids is 1. The summed E-state index contributed by atoms with van der Waals surface area (Å²) in [5, 5.41) is 11.0. The Morgan fingerprint density at radius 3 is 2.52 bits per heavy atom. The number of hydrogen-bond donors (Lipinski definition) is 0. The van der Waals surface area contributed by atoms with Gasteiger partial charge in [-0.2, -0.15) is 0 Å². The predicted molar refractivity (Wildman–Crippen MR) is 81.0 cm³/mol. The third-order valence-corrected chi connectivity index (χ3v) is 4.46. The summed E-state index contributed by atoms with van der Waals surface area (Å²) in [5.41, 5.74) is 0.514. The third-order valence-electron chi connectivity index (χ3n) is 4.46. The molecule has 0 atom stereocenters. The minimum Gasteiger partial charge on any atom is -0.342 e. The number of likely N-dealkylation sites (N-methyl/N-ethyl adjacent to an activating group) is 1. The van der Waals surface area contributed by atoms with Crippen LogP contribution in [-0.2, 0) is 11.2 Å². The molecule has 114 valence electrons. The summed E-state index contributed by atoms with van der Waals surface area (Å²) < 4.78 is 0. The smallest absolute Gasteiger partial charge is 0.273 e. The van der Waals surface area contributed by atoms with Crippen LogP contribution in [0.15, 0.2) is 24.3 Å². The van der Waals surface area contributed by atoms with Crippen molar-refractivity contribution in [2.45, 2.75) is 45.1 Å². The summed E-state index contributed by atoms with van der Waals surface area (Å²) >= 11 is 0. The molecule has 0 unspecified atom stereocenters. The fourth-order valence-corrected chi connectivity index (χ4v) is 2.96. The summed E-state index contributed by atoms with van der Waals surface area (Å²) in [6.45, 7) is 2.24. The highest BCUT2D eigenvalue weighted by Gasteiger charge is 2.26. The molecule has 0 aliphatic heterocycles.